The van der Waals surface area contributed by atoms with Crippen molar-refractivity contribution in [3.05, 3.63) is 102 Å². The summed E-state index contributed by atoms with van der Waals surface area (Å²) in [7, 11) is 0. The molecule has 1 aliphatic heterocycles. The van der Waals surface area contributed by atoms with Crippen LogP contribution in [0, 0.1) is 26.0 Å². The fourth-order valence-corrected chi connectivity index (χ4v) is 5.12. The second-order valence-corrected chi connectivity index (χ2v) is 10.8. The SMILES string of the molecule is CC(C)(C)Nc1ccc(N2[C@@H](c3ccc(Cl)c([N+](=O)[O-])c3)CC[C@@H]2c2ccc(Cl)c([N+](=O)[O-])c2)cc1F. The second kappa shape index (κ2) is 10.1. The van der Waals surface area contributed by atoms with Gasteiger partial charge in [-0.2, -0.15) is 0 Å². The van der Waals surface area contributed by atoms with Crippen molar-refractivity contribution in [2.75, 3.05) is 10.2 Å². The molecule has 0 radical (unpaired) electrons. The van der Waals surface area contributed by atoms with Gasteiger partial charge in [0, 0.05) is 23.4 Å². The predicted octanol–water partition coefficient (Wildman–Crippen LogP) is 8.24. The zero-order valence-corrected chi connectivity index (χ0v) is 21.9. The number of nitro groups is 2. The number of anilines is 2. The van der Waals surface area contributed by atoms with Crippen molar-refractivity contribution in [3.63, 3.8) is 0 Å². The third kappa shape index (κ3) is 5.62. The molecule has 1 fully saturated rings. The largest absolute Gasteiger partial charge is 0.378 e. The first-order valence-electron chi connectivity index (χ1n) is 11.6. The third-order valence-electron chi connectivity index (χ3n) is 6.25. The predicted molar refractivity (Wildman–Crippen MR) is 143 cm³/mol. The average Bonchev–Trinajstić information content (AvgIpc) is 3.25. The molecule has 1 aliphatic rings. The number of hydrogen-bond acceptors (Lipinski definition) is 6. The first-order valence-corrected chi connectivity index (χ1v) is 12.3. The molecule has 0 aliphatic carbocycles. The molecule has 0 unspecified atom stereocenters. The maximum atomic E-state index is 15.2. The van der Waals surface area contributed by atoms with Gasteiger partial charge in [-0.1, -0.05) is 35.3 Å². The summed E-state index contributed by atoms with van der Waals surface area (Å²) >= 11 is 12.1. The van der Waals surface area contributed by atoms with Crippen molar-refractivity contribution >= 4 is 46.0 Å². The molecule has 3 aromatic carbocycles. The number of nitro benzene ring substituents is 2. The minimum atomic E-state index is -0.544. The van der Waals surface area contributed by atoms with Crippen LogP contribution in [-0.4, -0.2) is 15.4 Å². The number of hydrogen-bond donors (Lipinski definition) is 1. The van der Waals surface area contributed by atoms with E-state index in [1.807, 2.05) is 25.7 Å². The summed E-state index contributed by atoms with van der Waals surface area (Å²) in [5, 5.41) is 26.2. The van der Waals surface area contributed by atoms with Crippen LogP contribution in [0.3, 0.4) is 0 Å². The van der Waals surface area contributed by atoms with Crippen LogP contribution in [0.25, 0.3) is 0 Å². The Bertz CT molecular complexity index is 1310. The van der Waals surface area contributed by atoms with E-state index in [-0.39, 0.29) is 39.0 Å². The van der Waals surface area contributed by atoms with Crippen LogP contribution in [0.5, 0.6) is 0 Å². The molecule has 0 aromatic heterocycles. The Hall–Kier alpha value is -3.43. The molecule has 3 aromatic rings. The summed E-state index contributed by atoms with van der Waals surface area (Å²) in [5.41, 5.74) is 1.36. The summed E-state index contributed by atoms with van der Waals surface area (Å²) in [5.74, 6) is -0.457. The van der Waals surface area contributed by atoms with Gasteiger partial charge in [-0.3, -0.25) is 20.2 Å². The minimum Gasteiger partial charge on any atom is -0.378 e. The van der Waals surface area contributed by atoms with Crippen molar-refractivity contribution in [1.29, 1.82) is 0 Å². The quantitative estimate of drug-likeness (QED) is 0.246. The van der Waals surface area contributed by atoms with Crippen LogP contribution in [0.1, 0.15) is 56.8 Å². The highest BCUT2D eigenvalue weighted by Crippen LogP contribution is 2.49. The van der Waals surface area contributed by atoms with Gasteiger partial charge in [0.15, 0.2) is 0 Å². The van der Waals surface area contributed by atoms with Gasteiger partial charge in [-0.25, -0.2) is 4.39 Å². The van der Waals surface area contributed by atoms with Gasteiger partial charge in [0.25, 0.3) is 11.4 Å². The molecule has 37 heavy (non-hydrogen) atoms. The van der Waals surface area contributed by atoms with Crippen molar-refractivity contribution in [2.45, 2.75) is 51.2 Å². The van der Waals surface area contributed by atoms with E-state index in [1.165, 1.54) is 30.3 Å². The number of rotatable bonds is 6. The van der Waals surface area contributed by atoms with Gasteiger partial charge in [-0.05, 0) is 75.1 Å². The maximum absolute atomic E-state index is 15.2. The van der Waals surface area contributed by atoms with Crippen molar-refractivity contribution in [3.8, 4) is 0 Å². The molecule has 8 nitrogen and oxygen atoms in total. The molecule has 0 amide bonds. The highest BCUT2D eigenvalue weighted by molar-refractivity contribution is 6.33. The monoisotopic (exact) mass is 546 g/mol. The molecule has 2 atom stereocenters. The fraction of sp³-hybridized carbons (Fsp3) is 0.308. The molecule has 0 saturated carbocycles. The van der Waals surface area contributed by atoms with Crippen LogP contribution >= 0.6 is 23.2 Å². The van der Waals surface area contributed by atoms with Gasteiger partial charge >= 0.3 is 0 Å². The van der Waals surface area contributed by atoms with Gasteiger partial charge in [0.2, 0.25) is 0 Å². The Kier molecular flexibility index (Phi) is 7.30. The van der Waals surface area contributed by atoms with E-state index in [0.717, 1.165) is 0 Å². The summed E-state index contributed by atoms with van der Waals surface area (Å²) in [6.45, 7) is 5.77. The normalized spacial score (nSPS) is 17.6. The lowest BCUT2D eigenvalue weighted by molar-refractivity contribution is -0.384. The lowest BCUT2D eigenvalue weighted by atomic mass is 10.0. The first kappa shape index (κ1) is 26.6. The van der Waals surface area contributed by atoms with E-state index in [0.29, 0.717) is 35.3 Å². The highest BCUT2D eigenvalue weighted by atomic mass is 35.5. The zero-order valence-electron chi connectivity index (χ0n) is 20.4. The Morgan fingerprint density at radius 3 is 1.76 bits per heavy atom. The van der Waals surface area contributed by atoms with Gasteiger partial charge in [0.1, 0.15) is 15.9 Å². The standard InChI is InChI=1S/C26H25Cl2FN4O4/c1-26(2,3)30-21-9-6-17(14-20(21)29)31-22(15-4-7-18(27)24(12-15)32(34)35)10-11-23(31)16-5-8-19(28)25(13-16)33(36)37/h4-9,12-14,22-23,30H,10-11H2,1-3H3/t22-,23-/m1/s1. The molecule has 0 bridgehead atoms. The third-order valence-corrected chi connectivity index (χ3v) is 6.89. The van der Waals surface area contributed by atoms with Crippen LogP contribution in [0.4, 0.5) is 27.1 Å². The number of benzene rings is 3. The molecule has 0 spiro atoms. The molecular formula is C26H25Cl2FN4O4. The van der Waals surface area contributed by atoms with Crippen LogP contribution < -0.4 is 10.2 Å². The summed E-state index contributed by atoms with van der Waals surface area (Å²) in [6, 6.07) is 13.3. The zero-order chi connectivity index (χ0) is 27.1. The smallest absolute Gasteiger partial charge is 0.288 e. The summed E-state index contributed by atoms with van der Waals surface area (Å²) < 4.78 is 15.2. The van der Waals surface area contributed by atoms with Gasteiger partial charge in [-0.15, -0.1) is 0 Å². The number of nitrogens with one attached hydrogen (secondary N) is 1. The van der Waals surface area contributed by atoms with E-state index in [4.69, 9.17) is 23.2 Å². The van der Waals surface area contributed by atoms with Crippen molar-refractivity contribution in [2.24, 2.45) is 0 Å². The van der Waals surface area contributed by atoms with E-state index >= 15 is 4.39 Å². The second-order valence-electron chi connectivity index (χ2n) is 9.99. The lowest BCUT2D eigenvalue weighted by Gasteiger charge is -2.34. The molecule has 194 valence electrons. The van der Waals surface area contributed by atoms with Gasteiger partial charge < -0.3 is 10.2 Å². The minimum absolute atomic E-state index is 0.0202. The topological polar surface area (TPSA) is 102 Å². The molecule has 4 rings (SSSR count). The van der Waals surface area contributed by atoms with E-state index < -0.39 is 15.7 Å². The van der Waals surface area contributed by atoms with Gasteiger partial charge in [0.05, 0.1) is 27.6 Å². The Balaban J connectivity index is 1.83. The van der Waals surface area contributed by atoms with Crippen molar-refractivity contribution in [1.82, 2.24) is 0 Å². The average molecular weight is 547 g/mol. The molecular weight excluding hydrogens is 522 g/mol. The molecule has 1 N–H and O–H groups in total. The highest BCUT2D eigenvalue weighted by Gasteiger charge is 2.37. The Labute approximate surface area is 223 Å². The van der Waals surface area contributed by atoms with E-state index in [1.54, 1.807) is 24.3 Å². The first-order chi connectivity index (χ1) is 17.4. The molecule has 1 saturated heterocycles. The number of nitrogens with zero attached hydrogens (tertiary/aromatic N) is 3. The number of halogens is 3. The molecule has 1 heterocycles. The Morgan fingerprint density at radius 1 is 0.865 bits per heavy atom. The fourth-order valence-electron chi connectivity index (χ4n) is 4.75. The van der Waals surface area contributed by atoms with Crippen LogP contribution in [0.2, 0.25) is 10.0 Å². The summed E-state index contributed by atoms with van der Waals surface area (Å²) in [4.78, 5) is 23.9. The Morgan fingerprint density at radius 2 is 1.35 bits per heavy atom. The van der Waals surface area contributed by atoms with E-state index in [9.17, 15) is 20.2 Å². The molecule has 11 heteroatoms. The summed E-state index contributed by atoms with van der Waals surface area (Å²) in [6.07, 6.45) is 1.15. The van der Waals surface area contributed by atoms with Crippen LogP contribution in [0.15, 0.2) is 54.6 Å². The van der Waals surface area contributed by atoms with Crippen LogP contribution in [-0.2, 0) is 0 Å². The van der Waals surface area contributed by atoms with Crippen molar-refractivity contribution < 1.29 is 14.2 Å². The van der Waals surface area contributed by atoms with E-state index in [2.05, 4.69) is 5.32 Å². The lowest BCUT2D eigenvalue weighted by Crippen LogP contribution is -2.28. The maximum Gasteiger partial charge on any atom is 0.288 e.